The monoisotopic (exact) mass is 492 g/mol. The van der Waals surface area contributed by atoms with E-state index in [-0.39, 0.29) is 43.6 Å². The van der Waals surface area contributed by atoms with Gasteiger partial charge in [0.2, 0.25) is 17.7 Å². The van der Waals surface area contributed by atoms with Crippen LogP contribution in [0.4, 0.5) is 11.4 Å². The molecule has 0 saturated carbocycles. The average molecular weight is 493 g/mol. The normalized spacial score (nSPS) is 13.4. The first-order valence-electron chi connectivity index (χ1n) is 11.0. The first kappa shape index (κ1) is 24.1. The van der Waals surface area contributed by atoms with Crippen molar-refractivity contribution in [1.29, 1.82) is 0 Å². The molecule has 0 bridgehead atoms. The molecule has 1 fully saturated rings. The van der Waals surface area contributed by atoms with E-state index in [2.05, 4.69) is 15.7 Å². The van der Waals surface area contributed by atoms with E-state index in [0.717, 1.165) is 16.8 Å². The predicted octanol–water partition coefficient (Wildman–Crippen LogP) is 3.46. The summed E-state index contributed by atoms with van der Waals surface area (Å²) in [5, 5.41) is 6.46. The Labute approximate surface area is 206 Å². The molecule has 0 unspecified atom stereocenters. The highest BCUT2D eigenvalue weighted by molar-refractivity contribution is 7.09. The third kappa shape index (κ3) is 6.10. The van der Waals surface area contributed by atoms with Crippen LogP contribution in [0.2, 0.25) is 0 Å². The van der Waals surface area contributed by atoms with E-state index in [9.17, 15) is 19.2 Å². The van der Waals surface area contributed by atoms with Crippen molar-refractivity contribution in [2.45, 2.75) is 39.7 Å². The molecule has 1 aliphatic heterocycles. The Bertz CT molecular complexity index is 1290. The third-order valence-electron chi connectivity index (χ3n) is 5.34. The highest BCUT2D eigenvalue weighted by atomic mass is 32.1. The molecule has 0 spiro atoms. The molecule has 2 heterocycles. The lowest BCUT2D eigenvalue weighted by Crippen LogP contribution is -2.50. The van der Waals surface area contributed by atoms with Gasteiger partial charge in [-0.3, -0.25) is 19.8 Å². The van der Waals surface area contributed by atoms with E-state index in [0.29, 0.717) is 22.0 Å². The number of nitrogens with one attached hydrogen (secondary N) is 2. The number of hydrogen-bond acceptors (Lipinski definition) is 7. The minimum absolute atomic E-state index is 0.0314. The summed E-state index contributed by atoms with van der Waals surface area (Å²) in [4.78, 5) is 52.7. The maximum atomic E-state index is 12.4. The molecule has 35 heavy (non-hydrogen) atoms. The number of carbonyl (C=O) groups is 4. The quantitative estimate of drug-likeness (QED) is 0.488. The molecule has 0 atom stereocenters. The maximum absolute atomic E-state index is 12.4. The fourth-order valence-corrected chi connectivity index (χ4v) is 4.23. The summed E-state index contributed by atoms with van der Waals surface area (Å²) in [6.07, 6.45) is 0.423. The Morgan fingerprint density at radius 2 is 1.89 bits per heavy atom. The first-order chi connectivity index (χ1) is 16.8. The summed E-state index contributed by atoms with van der Waals surface area (Å²) >= 11 is 1.33. The Balaban J connectivity index is 1.29. The standard InChI is InChI=1S/C25H24N4O5S/c1-15-3-4-16(2)20(11-15)27-22(31)12-23-26-18(14-35-23)13-34-25(33)17-5-7-19(8-6-17)29-24(32)10-9-21(30)28-29/h3-8,11,14H,9-10,12-13H2,1-2H3,(H,27,31)(H,28,30). The van der Waals surface area contributed by atoms with Gasteiger partial charge < -0.3 is 10.1 Å². The number of hydrazine groups is 1. The number of hydrogen-bond donors (Lipinski definition) is 2. The van der Waals surface area contributed by atoms with Gasteiger partial charge in [0, 0.05) is 23.9 Å². The second-order valence-electron chi connectivity index (χ2n) is 8.16. The van der Waals surface area contributed by atoms with Gasteiger partial charge in [0.25, 0.3) is 0 Å². The molecule has 10 heteroatoms. The van der Waals surface area contributed by atoms with Crippen molar-refractivity contribution in [2.24, 2.45) is 0 Å². The molecule has 180 valence electrons. The van der Waals surface area contributed by atoms with Gasteiger partial charge >= 0.3 is 5.97 Å². The molecule has 2 aromatic carbocycles. The summed E-state index contributed by atoms with van der Waals surface area (Å²) in [7, 11) is 0. The Kier molecular flexibility index (Phi) is 7.21. The van der Waals surface area contributed by atoms with Crippen LogP contribution >= 0.6 is 11.3 Å². The van der Waals surface area contributed by atoms with E-state index < -0.39 is 5.97 Å². The van der Waals surface area contributed by atoms with Crippen molar-refractivity contribution in [3.05, 3.63) is 75.2 Å². The molecule has 9 nitrogen and oxygen atoms in total. The number of nitrogens with zero attached hydrogens (tertiary/aromatic N) is 2. The van der Waals surface area contributed by atoms with Gasteiger partial charge in [0.1, 0.15) is 11.6 Å². The van der Waals surface area contributed by atoms with Crippen LogP contribution in [0.1, 0.15) is 45.0 Å². The predicted molar refractivity (Wildman–Crippen MR) is 131 cm³/mol. The van der Waals surface area contributed by atoms with Crippen LogP contribution in [0.25, 0.3) is 0 Å². The Morgan fingerprint density at radius 1 is 1.11 bits per heavy atom. The number of benzene rings is 2. The second kappa shape index (κ2) is 10.5. The number of thiazole rings is 1. The van der Waals surface area contributed by atoms with Crippen molar-refractivity contribution in [3.8, 4) is 0 Å². The van der Waals surface area contributed by atoms with Gasteiger partial charge in [0.15, 0.2) is 0 Å². The highest BCUT2D eigenvalue weighted by Gasteiger charge is 2.24. The summed E-state index contributed by atoms with van der Waals surface area (Å²) in [6, 6.07) is 12.0. The largest absolute Gasteiger partial charge is 0.456 e. The summed E-state index contributed by atoms with van der Waals surface area (Å²) in [5.74, 6) is -1.17. The van der Waals surface area contributed by atoms with Crippen LogP contribution in [0.5, 0.6) is 0 Å². The lowest BCUT2D eigenvalue weighted by atomic mass is 10.1. The smallest absolute Gasteiger partial charge is 0.338 e. The van der Waals surface area contributed by atoms with Crippen LogP contribution in [-0.2, 0) is 32.1 Å². The number of anilines is 2. The molecule has 2 N–H and O–H groups in total. The fourth-order valence-electron chi connectivity index (χ4n) is 3.45. The number of rotatable bonds is 7. The number of ether oxygens (including phenoxy) is 1. The molecule has 1 aliphatic rings. The van der Waals surface area contributed by atoms with Gasteiger partial charge in [0.05, 0.1) is 23.4 Å². The van der Waals surface area contributed by atoms with Gasteiger partial charge in [-0.25, -0.2) is 14.8 Å². The number of carbonyl (C=O) groups excluding carboxylic acids is 4. The number of esters is 1. The lowest BCUT2D eigenvalue weighted by Gasteiger charge is -2.27. The average Bonchev–Trinajstić information content (AvgIpc) is 3.28. The number of amides is 3. The molecule has 0 aliphatic carbocycles. The minimum atomic E-state index is -0.548. The Hall–Kier alpha value is -4.05. The van der Waals surface area contributed by atoms with Crippen molar-refractivity contribution in [2.75, 3.05) is 10.3 Å². The highest BCUT2D eigenvalue weighted by Crippen LogP contribution is 2.20. The molecule has 3 amide bonds. The number of aryl methyl sites for hydroxylation is 2. The maximum Gasteiger partial charge on any atom is 0.338 e. The van der Waals surface area contributed by atoms with E-state index in [1.165, 1.54) is 28.5 Å². The van der Waals surface area contributed by atoms with Crippen LogP contribution < -0.4 is 15.8 Å². The van der Waals surface area contributed by atoms with Crippen molar-refractivity contribution >= 4 is 46.4 Å². The fraction of sp³-hybridized carbons (Fsp3) is 0.240. The minimum Gasteiger partial charge on any atom is -0.456 e. The van der Waals surface area contributed by atoms with Crippen molar-refractivity contribution in [3.63, 3.8) is 0 Å². The zero-order valence-corrected chi connectivity index (χ0v) is 20.1. The Morgan fingerprint density at radius 3 is 2.66 bits per heavy atom. The summed E-state index contributed by atoms with van der Waals surface area (Å²) < 4.78 is 5.33. The van der Waals surface area contributed by atoms with E-state index in [4.69, 9.17) is 4.74 Å². The molecule has 1 saturated heterocycles. The van der Waals surface area contributed by atoms with Crippen LogP contribution in [0, 0.1) is 13.8 Å². The first-order valence-corrected chi connectivity index (χ1v) is 11.9. The lowest BCUT2D eigenvalue weighted by molar-refractivity contribution is -0.130. The molecular weight excluding hydrogens is 468 g/mol. The summed E-state index contributed by atoms with van der Waals surface area (Å²) in [5.41, 5.74) is 6.64. The van der Waals surface area contributed by atoms with Gasteiger partial charge in [-0.2, -0.15) is 0 Å². The molecule has 3 aromatic rings. The molecule has 1 aromatic heterocycles. The van der Waals surface area contributed by atoms with E-state index in [1.54, 1.807) is 17.5 Å². The molecule has 0 radical (unpaired) electrons. The SMILES string of the molecule is Cc1ccc(C)c(NC(=O)Cc2nc(COC(=O)c3ccc(N4NC(=O)CCC4=O)cc3)cs2)c1. The summed E-state index contributed by atoms with van der Waals surface area (Å²) in [6.45, 7) is 3.87. The van der Waals surface area contributed by atoms with Crippen molar-refractivity contribution < 1.29 is 23.9 Å². The van der Waals surface area contributed by atoms with Crippen LogP contribution in [-0.4, -0.2) is 28.7 Å². The number of aromatic nitrogens is 1. The van der Waals surface area contributed by atoms with E-state index in [1.807, 2.05) is 32.0 Å². The van der Waals surface area contributed by atoms with Gasteiger partial charge in [-0.05, 0) is 55.3 Å². The zero-order valence-electron chi connectivity index (χ0n) is 19.3. The molecule has 4 rings (SSSR count). The zero-order chi connectivity index (χ0) is 24.9. The van der Waals surface area contributed by atoms with Crippen LogP contribution in [0.15, 0.2) is 47.8 Å². The van der Waals surface area contributed by atoms with Gasteiger partial charge in [-0.15, -0.1) is 11.3 Å². The van der Waals surface area contributed by atoms with E-state index >= 15 is 0 Å². The van der Waals surface area contributed by atoms with Gasteiger partial charge in [-0.1, -0.05) is 12.1 Å². The second-order valence-corrected chi connectivity index (χ2v) is 9.11. The van der Waals surface area contributed by atoms with Crippen LogP contribution in [0.3, 0.4) is 0 Å². The topological polar surface area (TPSA) is 118 Å². The third-order valence-corrected chi connectivity index (χ3v) is 6.24. The molecular formula is C25H24N4O5S. The van der Waals surface area contributed by atoms with Crippen molar-refractivity contribution in [1.82, 2.24) is 10.4 Å².